The summed E-state index contributed by atoms with van der Waals surface area (Å²) in [5.74, 6) is 0. The summed E-state index contributed by atoms with van der Waals surface area (Å²) in [5, 5.41) is 0. The summed E-state index contributed by atoms with van der Waals surface area (Å²) in [6.45, 7) is 13.3. The number of hydrogen-bond acceptors (Lipinski definition) is 3. The Balaban J connectivity index is 2.38. The van der Waals surface area contributed by atoms with Gasteiger partial charge in [0.25, 0.3) is 0 Å². The van der Waals surface area contributed by atoms with Gasteiger partial charge in [-0.2, -0.15) is 0 Å². The number of nitrogens with zero attached hydrogens (tertiary/aromatic N) is 2. The Morgan fingerprint density at radius 2 is 1.77 bits per heavy atom. The van der Waals surface area contributed by atoms with Gasteiger partial charge in [0.15, 0.2) is 0 Å². The Morgan fingerprint density at radius 1 is 1.23 bits per heavy atom. The lowest BCUT2D eigenvalue weighted by Gasteiger charge is -2.36. The molecule has 1 aliphatic rings. The van der Waals surface area contributed by atoms with Crippen LogP contribution in [0.3, 0.4) is 0 Å². The summed E-state index contributed by atoms with van der Waals surface area (Å²) in [6.07, 6.45) is 0. The third-order valence-electron chi connectivity index (χ3n) is 2.69. The molecule has 13 heavy (non-hydrogen) atoms. The highest BCUT2D eigenvalue weighted by molar-refractivity contribution is 6.51. The second-order valence-electron chi connectivity index (χ2n) is 3.32. The highest BCUT2D eigenvalue weighted by Crippen LogP contribution is 2.04. The van der Waals surface area contributed by atoms with Crippen LogP contribution < -0.4 is 0 Å². The van der Waals surface area contributed by atoms with Crippen LogP contribution in [0.4, 0.5) is 0 Å². The first kappa shape index (κ1) is 11.2. The highest BCUT2D eigenvalue weighted by Gasteiger charge is 2.23. The standard InChI is InChI=1S/C9H21N2OSi/c1-4-10(5-2)13(3)11-6-8-12-9-7-11/h4-9H2,1-3H3. The second kappa shape index (κ2) is 5.75. The number of ether oxygens (including phenoxy) is 1. The minimum absolute atomic E-state index is 0.444. The van der Waals surface area contributed by atoms with Gasteiger partial charge in [0.2, 0.25) is 9.12 Å². The molecule has 0 spiro atoms. The molecule has 0 saturated carbocycles. The van der Waals surface area contributed by atoms with Crippen LogP contribution in [0.1, 0.15) is 13.8 Å². The molecule has 0 aromatic rings. The minimum atomic E-state index is -0.444. The van der Waals surface area contributed by atoms with Crippen molar-refractivity contribution in [2.24, 2.45) is 0 Å². The second-order valence-corrected chi connectivity index (χ2v) is 5.68. The van der Waals surface area contributed by atoms with Crippen LogP contribution in [-0.2, 0) is 4.74 Å². The van der Waals surface area contributed by atoms with Crippen molar-refractivity contribution in [1.82, 2.24) is 9.13 Å². The van der Waals surface area contributed by atoms with Crippen LogP contribution in [-0.4, -0.2) is 57.6 Å². The van der Waals surface area contributed by atoms with Crippen LogP contribution in [0.15, 0.2) is 0 Å². The topological polar surface area (TPSA) is 15.7 Å². The zero-order valence-corrected chi connectivity index (χ0v) is 10.0. The van der Waals surface area contributed by atoms with E-state index in [-0.39, 0.29) is 0 Å². The quantitative estimate of drug-likeness (QED) is 0.625. The SMILES string of the molecule is CCN(CC)[Si](C)N1CCOCC1. The highest BCUT2D eigenvalue weighted by atomic mass is 28.3. The van der Waals surface area contributed by atoms with E-state index in [4.69, 9.17) is 4.74 Å². The van der Waals surface area contributed by atoms with Crippen LogP contribution in [0.5, 0.6) is 0 Å². The van der Waals surface area contributed by atoms with Gasteiger partial charge in [0.05, 0.1) is 13.2 Å². The maximum atomic E-state index is 5.35. The molecular weight excluding hydrogens is 180 g/mol. The van der Waals surface area contributed by atoms with Crippen LogP contribution in [0, 0.1) is 0 Å². The molecule has 0 amide bonds. The Kier molecular flexibility index (Phi) is 4.94. The van der Waals surface area contributed by atoms with E-state index in [9.17, 15) is 0 Å². The van der Waals surface area contributed by atoms with Crippen molar-refractivity contribution in [1.29, 1.82) is 0 Å². The Hall–Kier alpha value is 0.0969. The van der Waals surface area contributed by atoms with Crippen molar-refractivity contribution in [3.8, 4) is 0 Å². The largest absolute Gasteiger partial charge is 0.379 e. The van der Waals surface area contributed by atoms with Crippen LogP contribution in [0.2, 0.25) is 6.55 Å². The number of hydrogen-bond donors (Lipinski definition) is 0. The average molecular weight is 201 g/mol. The summed E-state index contributed by atoms with van der Waals surface area (Å²) < 4.78 is 10.5. The number of rotatable bonds is 4. The third kappa shape index (κ3) is 3.05. The van der Waals surface area contributed by atoms with E-state index in [2.05, 4.69) is 29.5 Å². The smallest absolute Gasteiger partial charge is 0.226 e. The van der Waals surface area contributed by atoms with Crippen molar-refractivity contribution in [2.75, 3.05) is 39.4 Å². The maximum absolute atomic E-state index is 5.35. The molecule has 1 saturated heterocycles. The van der Waals surface area contributed by atoms with E-state index in [1.165, 1.54) is 13.1 Å². The molecule has 77 valence electrons. The normalized spacial score (nSPS) is 20.1. The van der Waals surface area contributed by atoms with Gasteiger partial charge >= 0.3 is 0 Å². The van der Waals surface area contributed by atoms with E-state index in [0.29, 0.717) is 0 Å². The summed E-state index contributed by atoms with van der Waals surface area (Å²) in [7, 11) is -0.444. The Labute approximate surface area is 83.4 Å². The zero-order chi connectivity index (χ0) is 9.68. The lowest BCUT2D eigenvalue weighted by Crippen LogP contribution is -2.54. The summed E-state index contributed by atoms with van der Waals surface area (Å²) in [4.78, 5) is 0. The molecule has 0 bridgehead atoms. The van der Waals surface area contributed by atoms with Gasteiger partial charge in [0.1, 0.15) is 0 Å². The maximum Gasteiger partial charge on any atom is 0.226 e. The third-order valence-corrected chi connectivity index (χ3v) is 5.60. The monoisotopic (exact) mass is 201 g/mol. The predicted octanol–water partition coefficient (Wildman–Crippen LogP) is 0.778. The van der Waals surface area contributed by atoms with Gasteiger partial charge in [-0.25, -0.2) is 0 Å². The van der Waals surface area contributed by atoms with E-state index >= 15 is 0 Å². The van der Waals surface area contributed by atoms with Gasteiger partial charge in [-0.1, -0.05) is 13.8 Å². The van der Waals surface area contributed by atoms with Crippen LogP contribution >= 0.6 is 0 Å². The van der Waals surface area contributed by atoms with E-state index in [1.807, 2.05) is 0 Å². The zero-order valence-electron chi connectivity index (χ0n) is 9.05. The van der Waals surface area contributed by atoms with E-state index in [0.717, 1.165) is 26.3 Å². The molecule has 0 aromatic heterocycles. The molecule has 3 nitrogen and oxygen atoms in total. The van der Waals surface area contributed by atoms with Gasteiger partial charge in [0, 0.05) is 13.1 Å². The Morgan fingerprint density at radius 3 is 2.23 bits per heavy atom. The molecule has 0 N–H and O–H groups in total. The predicted molar refractivity (Wildman–Crippen MR) is 56.9 cm³/mol. The molecule has 0 aliphatic carbocycles. The molecule has 0 atom stereocenters. The van der Waals surface area contributed by atoms with Crippen molar-refractivity contribution >= 4 is 9.12 Å². The van der Waals surface area contributed by atoms with Crippen molar-refractivity contribution < 1.29 is 4.74 Å². The molecule has 1 rings (SSSR count). The fourth-order valence-corrected chi connectivity index (χ4v) is 3.91. The van der Waals surface area contributed by atoms with Crippen molar-refractivity contribution in [2.45, 2.75) is 20.4 Å². The van der Waals surface area contributed by atoms with Gasteiger partial charge < -0.3 is 13.9 Å². The summed E-state index contributed by atoms with van der Waals surface area (Å²) in [6, 6.07) is 0. The first-order chi connectivity index (χ1) is 6.29. The van der Waals surface area contributed by atoms with Crippen molar-refractivity contribution in [3.05, 3.63) is 0 Å². The van der Waals surface area contributed by atoms with Crippen LogP contribution in [0.25, 0.3) is 0 Å². The van der Waals surface area contributed by atoms with Gasteiger partial charge in [-0.15, -0.1) is 0 Å². The lowest BCUT2D eigenvalue weighted by atomic mass is 10.5. The fraction of sp³-hybridized carbons (Fsp3) is 1.00. The first-order valence-electron chi connectivity index (χ1n) is 5.20. The fourth-order valence-electron chi connectivity index (χ4n) is 1.77. The lowest BCUT2D eigenvalue weighted by molar-refractivity contribution is 0.0672. The summed E-state index contributed by atoms with van der Waals surface area (Å²) >= 11 is 0. The van der Waals surface area contributed by atoms with E-state index < -0.39 is 9.12 Å². The minimum Gasteiger partial charge on any atom is -0.379 e. The molecule has 1 radical (unpaired) electrons. The number of morpholine rings is 1. The molecule has 1 aliphatic heterocycles. The van der Waals surface area contributed by atoms with Gasteiger partial charge in [-0.05, 0) is 19.6 Å². The molecule has 4 heteroatoms. The molecule has 0 aromatic carbocycles. The Bertz CT molecular complexity index is 136. The van der Waals surface area contributed by atoms with Gasteiger partial charge in [-0.3, -0.25) is 0 Å². The average Bonchev–Trinajstić information content (AvgIpc) is 2.21. The summed E-state index contributed by atoms with van der Waals surface area (Å²) in [5.41, 5.74) is 0. The van der Waals surface area contributed by atoms with Crippen molar-refractivity contribution in [3.63, 3.8) is 0 Å². The molecule has 1 heterocycles. The molecule has 1 fully saturated rings. The first-order valence-corrected chi connectivity index (χ1v) is 7.10. The molecular formula is C9H21N2OSi. The molecule has 0 unspecified atom stereocenters. The van der Waals surface area contributed by atoms with E-state index in [1.54, 1.807) is 0 Å².